The topological polar surface area (TPSA) is 42.0 Å². The van der Waals surface area contributed by atoms with Gasteiger partial charge in [-0.2, -0.15) is 13.2 Å². The lowest BCUT2D eigenvalue weighted by Crippen LogP contribution is -2.29. The van der Waals surface area contributed by atoms with Gasteiger partial charge < -0.3 is 5.32 Å². The van der Waals surface area contributed by atoms with E-state index in [0.29, 0.717) is 5.02 Å². The highest BCUT2D eigenvalue weighted by atomic mass is 35.5. The summed E-state index contributed by atoms with van der Waals surface area (Å²) in [6.07, 6.45) is -1.22. The fourth-order valence-electron chi connectivity index (χ4n) is 2.59. The molecule has 0 bridgehead atoms. The summed E-state index contributed by atoms with van der Waals surface area (Å²) in [6.45, 7) is 0. The first-order valence-corrected chi connectivity index (χ1v) is 8.36. The first-order chi connectivity index (χ1) is 12.8. The number of carbonyl (C=O) groups excluding carboxylic acids is 1. The maximum atomic E-state index is 12.7. The predicted molar refractivity (Wildman–Crippen MR) is 96.4 cm³/mol. The van der Waals surface area contributed by atoms with Crippen molar-refractivity contribution in [3.63, 3.8) is 0 Å². The fourth-order valence-corrected chi connectivity index (χ4v) is 2.71. The number of halogens is 4. The van der Waals surface area contributed by atoms with E-state index in [1.54, 1.807) is 48.8 Å². The molecule has 27 heavy (non-hydrogen) atoms. The minimum atomic E-state index is -4.45. The second-order valence-corrected chi connectivity index (χ2v) is 6.26. The molecular weight excluding hydrogens is 377 g/mol. The molecule has 0 aliphatic heterocycles. The van der Waals surface area contributed by atoms with Crippen molar-refractivity contribution >= 4 is 17.5 Å². The summed E-state index contributed by atoms with van der Waals surface area (Å²) in [5, 5.41) is 3.39. The largest absolute Gasteiger partial charge is 0.416 e. The van der Waals surface area contributed by atoms with Crippen LogP contribution in [0, 0.1) is 0 Å². The Kier molecular flexibility index (Phi) is 5.46. The van der Waals surface area contributed by atoms with Crippen molar-refractivity contribution in [3.05, 3.63) is 100 Å². The molecule has 3 rings (SSSR count). The van der Waals surface area contributed by atoms with Gasteiger partial charge in [0, 0.05) is 23.0 Å². The van der Waals surface area contributed by atoms with E-state index in [-0.39, 0.29) is 5.56 Å². The number of hydrogen-bond donors (Lipinski definition) is 1. The van der Waals surface area contributed by atoms with E-state index in [1.807, 2.05) is 0 Å². The Morgan fingerprint density at radius 2 is 1.63 bits per heavy atom. The number of aromatic nitrogens is 1. The molecular formula is C20H14ClF3N2O. The molecule has 0 aliphatic rings. The molecule has 1 atom stereocenters. The zero-order valence-electron chi connectivity index (χ0n) is 13.9. The molecule has 0 saturated heterocycles. The van der Waals surface area contributed by atoms with Crippen LogP contribution in [0.4, 0.5) is 13.2 Å². The molecule has 3 aromatic rings. The zero-order valence-corrected chi connectivity index (χ0v) is 14.6. The highest BCUT2D eigenvalue weighted by Gasteiger charge is 2.30. The first kappa shape index (κ1) is 18.9. The number of rotatable bonds is 4. The number of pyridine rings is 1. The number of carbonyl (C=O) groups is 1. The molecule has 1 amide bonds. The van der Waals surface area contributed by atoms with Gasteiger partial charge in [-0.1, -0.05) is 29.8 Å². The Morgan fingerprint density at radius 1 is 0.963 bits per heavy atom. The molecule has 1 heterocycles. The third kappa shape index (κ3) is 4.65. The van der Waals surface area contributed by atoms with Crippen molar-refractivity contribution in [2.75, 3.05) is 0 Å². The molecule has 1 N–H and O–H groups in total. The van der Waals surface area contributed by atoms with Crippen molar-refractivity contribution < 1.29 is 18.0 Å². The van der Waals surface area contributed by atoms with E-state index >= 15 is 0 Å². The standard InChI is InChI=1S/C20H14ClF3N2O/c21-17-9-5-13(6-10-17)18(15-2-1-11-25-12-15)26-19(27)14-3-7-16(8-4-14)20(22,23)24/h1-12,18H,(H,26,27). The Labute approximate surface area is 158 Å². The third-order valence-corrected chi connectivity index (χ3v) is 4.22. The third-order valence-electron chi connectivity index (χ3n) is 3.97. The van der Waals surface area contributed by atoms with Crippen LogP contribution >= 0.6 is 11.6 Å². The van der Waals surface area contributed by atoms with Crippen LogP contribution in [0.15, 0.2) is 73.1 Å². The van der Waals surface area contributed by atoms with Crippen LogP contribution in [0.25, 0.3) is 0 Å². The quantitative estimate of drug-likeness (QED) is 0.659. The van der Waals surface area contributed by atoms with Crippen LogP contribution in [0.3, 0.4) is 0 Å². The second-order valence-electron chi connectivity index (χ2n) is 5.82. The molecule has 7 heteroatoms. The normalized spacial score (nSPS) is 12.4. The van der Waals surface area contributed by atoms with E-state index < -0.39 is 23.7 Å². The smallest absolute Gasteiger partial charge is 0.341 e. The van der Waals surface area contributed by atoms with Crippen LogP contribution in [0.1, 0.15) is 33.1 Å². The van der Waals surface area contributed by atoms with Gasteiger partial charge in [-0.05, 0) is 53.6 Å². The van der Waals surface area contributed by atoms with E-state index in [4.69, 9.17) is 11.6 Å². The summed E-state index contributed by atoms with van der Waals surface area (Å²) >= 11 is 5.92. The summed E-state index contributed by atoms with van der Waals surface area (Å²) in [6, 6.07) is 14.0. The van der Waals surface area contributed by atoms with Gasteiger partial charge in [-0.25, -0.2) is 0 Å². The van der Waals surface area contributed by atoms with Crippen LogP contribution in [0.2, 0.25) is 5.02 Å². The van der Waals surface area contributed by atoms with Crippen molar-refractivity contribution in [1.29, 1.82) is 0 Å². The maximum absolute atomic E-state index is 12.7. The molecule has 0 fully saturated rings. The van der Waals surface area contributed by atoms with Gasteiger partial charge in [0.25, 0.3) is 5.91 Å². The number of amides is 1. The van der Waals surface area contributed by atoms with Crippen molar-refractivity contribution in [3.8, 4) is 0 Å². The highest BCUT2D eigenvalue weighted by Crippen LogP contribution is 2.29. The van der Waals surface area contributed by atoms with Gasteiger partial charge in [-0.3, -0.25) is 9.78 Å². The molecule has 1 unspecified atom stereocenters. The van der Waals surface area contributed by atoms with E-state index in [1.165, 1.54) is 0 Å². The molecule has 3 nitrogen and oxygen atoms in total. The first-order valence-electron chi connectivity index (χ1n) is 7.98. The van der Waals surface area contributed by atoms with E-state index in [9.17, 15) is 18.0 Å². The lowest BCUT2D eigenvalue weighted by Gasteiger charge is -2.20. The lowest BCUT2D eigenvalue weighted by molar-refractivity contribution is -0.137. The molecule has 1 aromatic heterocycles. The second kappa shape index (κ2) is 7.80. The van der Waals surface area contributed by atoms with E-state index in [0.717, 1.165) is 35.4 Å². The van der Waals surface area contributed by atoms with Gasteiger partial charge in [-0.15, -0.1) is 0 Å². The number of benzene rings is 2. The summed E-state index contributed by atoms with van der Waals surface area (Å²) in [5.74, 6) is -0.493. The van der Waals surface area contributed by atoms with Crippen molar-refractivity contribution in [2.24, 2.45) is 0 Å². The summed E-state index contributed by atoms with van der Waals surface area (Å²) in [7, 11) is 0. The number of nitrogens with one attached hydrogen (secondary N) is 1. The van der Waals surface area contributed by atoms with Gasteiger partial charge in [0.15, 0.2) is 0 Å². The Morgan fingerprint density at radius 3 is 2.19 bits per heavy atom. The molecule has 138 valence electrons. The van der Waals surface area contributed by atoms with Gasteiger partial charge in [0.2, 0.25) is 0 Å². The van der Waals surface area contributed by atoms with E-state index in [2.05, 4.69) is 10.3 Å². The number of alkyl halides is 3. The van der Waals surface area contributed by atoms with Gasteiger partial charge in [0.05, 0.1) is 11.6 Å². The molecule has 0 spiro atoms. The Balaban J connectivity index is 1.88. The molecule has 0 saturated carbocycles. The van der Waals surface area contributed by atoms with Crippen LogP contribution in [0.5, 0.6) is 0 Å². The minimum absolute atomic E-state index is 0.130. The van der Waals surface area contributed by atoms with Crippen LogP contribution in [-0.2, 0) is 6.18 Å². The SMILES string of the molecule is O=C(NC(c1ccc(Cl)cc1)c1cccnc1)c1ccc(C(F)(F)F)cc1. The number of nitrogens with zero attached hydrogens (tertiary/aromatic N) is 1. The molecule has 2 aromatic carbocycles. The van der Waals surface area contributed by atoms with Gasteiger partial charge in [0.1, 0.15) is 0 Å². The van der Waals surface area contributed by atoms with Crippen LogP contribution < -0.4 is 5.32 Å². The fraction of sp³-hybridized carbons (Fsp3) is 0.100. The summed E-state index contributed by atoms with van der Waals surface area (Å²) in [5.41, 5.74) is 0.833. The predicted octanol–water partition coefficient (Wildman–Crippen LogP) is 5.27. The maximum Gasteiger partial charge on any atom is 0.416 e. The Bertz CT molecular complexity index is 911. The summed E-state index contributed by atoms with van der Waals surface area (Å²) in [4.78, 5) is 16.7. The monoisotopic (exact) mass is 390 g/mol. The van der Waals surface area contributed by atoms with Gasteiger partial charge >= 0.3 is 6.18 Å². The average molecular weight is 391 g/mol. The zero-order chi connectivity index (χ0) is 19.4. The van der Waals surface area contributed by atoms with Crippen LogP contribution in [-0.4, -0.2) is 10.9 Å². The summed E-state index contributed by atoms with van der Waals surface area (Å²) < 4.78 is 38.1. The number of hydrogen-bond acceptors (Lipinski definition) is 2. The molecule has 0 aliphatic carbocycles. The van der Waals surface area contributed by atoms with Crippen molar-refractivity contribution in [1.82, 2.24) is 10.3 Å². The Hall–Kier alpha value is -2.86. The van der Waals surface area contributed by atoms with Crippen molar-refractivity contribution in [2.45, 2.75) is 12.2 Å². The average Bonchev–Trinajstić information content (AvgIpc) is 2.67. The molecule has 0 radical (unpaired) electrons. The lowest BCUT2D eigenvalue weighted by atomic mass is 9.99. The minimum Gasteiger partial charge on any atom is -0.341 e. The highest BCUT2D eigenvalue weighted by molar-refractivity contribution is 6.30.